The van der Waals surface area contributed by atoms with Gasteiger partial charge in [0, 0.05) is 26.2 Å². The molecule has 2 aliphatic rings. The molecule has 1 amide bonds. The van der Waals surface area contributed by atoms with E-state index in [-0.39, 0.29) is 18.1 Å². The molecule has 7 nitrogen and oxygen atoms in total. The van der Waals surface area contributed by atoms with E-state index < -0.39 is 0 Å². The van der Waals surface area contributed by atoms with E-state index in [9.17, 15) is 9.18 Å². The zero-order valence-corrected chi connectivity index (χ0v) is 16.5. The van der Waals surface area contributed by atoms with Crippen molar-refractivity contribution in [3.8, 4) is 11.5 Å². The maximum Gasteiger partial charge on any atom is 0.227 e. The van der Waals surface area contributed by atoms with Gasteiger partial charge in [-0.25, -0.2) is 9.37 Å². The second-order valence-corrected chi connectivity index (χ2v) is 7.82. The van der Waals surface area contributed by atoms with Gasteiger partial charge in [-0.2, -0.15) is 0 Å². The Hall–Kier alpha value is -3.29. The lowest BCUT2D eigenvalue weighted by Crippen LogP contribution is -2.49. The lowest BCUT2D eigenvalue weighted by atomic mass is 10.0. The third-order valence-electron chi connectivity index (χ3n) is 5.73. The number of amides is 1. The van der Waals surface area contributed by atoms with Crippen LogP contribution < -0.4 is 4.90 Å². The van der Waals surface area contributed by atoms with Crippen molar-refractivity contribution in [1.82, 2.24) is 20.1 Å². The molecular weight excluding hydrogens is 385 g/mol. The fourth-order valence-corrected chi connectivity index (χ4v) is 3.84. The summed E-state index contributed by atoms with van der Waals surface area (Å²) in [6.07, 6.45) is 5.31. The van der Waals surface area contributed by atoms with Crippen LogP contribution in [0.1, 0.15) is 29.9 Å². The number of hydrogen-bond acceptors (Lipinski definition) is 6. The highest BCUT2D eigenvalue weighted by Gasteiger charge is 2.27. The first-order chi connectivity index (χ1) is 14.7. The minimum atomic E-state index is -0.181. The molecule has 0 bridgehead atoms. The largest absolute Gasteiger partial charge is 0.442 e. The van der Waals surface area contributed by atoms with Crippen molar-refractivity contribution >= 4 is 11.7 Å². The van der Waals surface area contributed by atoms with Crippen molar-refractivity contribution in [2.75, 3.05) is 31.1 Å². The summed E-state index contributed by atoms with van der Waals surface area (Å²) in [4.78, 5) is 20.5. The van der Waals surface area contributed by atoms with E-state index in [1.54, 1.807) is 6.20 Å². The molecule has 1 aliphatic heterocycles. The molecule has 1 saturated heterocycles. The first-order valence-corrected chi connectivity index (χ1v) is 10.2. The molecule has 8 heteroatoms. The van der Waals surface area contributed by atoms with Gasteiger partial charge in [0.1, 0.15) is 11.5 Å². The molecule has 1 aromatic carbocycles. The number of nitrogens with zero attached hydrogens (tertiary/aromatic N) is 5. The van der Waals surface area contributed by atoms with Crippen molar-refractivity contribution in [3.05, 3.63) is 59.9 Å². The molecule has 30 heavy (non-hydrogen) atoms. The van der Waals surface area contributed by atoms with Crippen molar-refractivity contribution in [3.63, 3.8) is 0 Å². The van der Waals surface area contributed by atoms with Gasteiger partial charge in [0.2, 0.25) is 5.91 Å². The summed E-state index contributed by atoms with van der Waals surface area (Å²) in [5.41, 5.74) is 2.15. The molecule has 5 rings (SSSR count). The fraction of sp³-hybridized carbons (Fsp3) is 0.364. The lowest BCUT2D eigenvalue weighted by Gasteiger charge is -2.35. The summed E-state index contributed by atoms with van der Waals surface area (Å²) in [6.45, 7) is 2.56. The third kappa shape index (κ3) is 3.90. The van der Waals surface area contributed by atoms with Crippen LogP contribution in [0.3, 0.4) is 0 Å². The van der Waals surface area contributed by atoms with E-state index in [0.717, 1.165) is 29.8 Å². The van der Waals surface area contributed by atoms with Gasteiger partial charge in [0.25, 0.3) is 0 Å². The summed E-state index contributed by atoms with van der Waals surface area (Å²) in [7, 11) is 0. The van der Waals surface area contributed by atoms with Crippen LogP contribution in [-0.2, 0) is 11.2 Å². The summed E-state index contributed by atoms with van der Waals surface area (Å²) in [5.74, 6) is 1.56. The number of carbonyl (C=O) groups is 1. The molecule has 0 radical (unpaired) electrons. The number of carbonyl (C=O) groups excluding carboxylic acids is 1. The van der Waals surface area contributed by atoms with Gasteiger partial charge in [0.15, 0.2) is 18.0 Å². The SMILES string of the molecule is O=C(Cc1ccc(C2CC2)c(F)c1)N1CCN(c2ccc(-c3cnco3)nn2)CC1. The number of aromatic nitrogens is 3. The average molecular weight is 407 g/mol. The standard InChI is InChI=1S/C22H22FN5O2/c23-18-11-15(1-4-17(18)16-2-3-16)12-22(29)28-9-7-27(8-10-28)21-6-5-19(25-26-21)20-13-24-14-30-20/h1,4-6,11,13-14,16H,2-3,7-10,12H2. The van der Waals surface area contributed by atoms with Gasteiger partial charge in [-0.05, 0) is 48.1 Å². The molecule has 0 atom stereocenters. The Kier molecular flexibility index (Phi) is 4.90. The molecule has 1 saturated carbocycles. The van der Waals surface area contributed by atoms with Crippen LogP contribution in [0.25, 0.3) is 11.5 Å². The van der Waals surface area contributed by atoms with Crippen LogP contribution in [0, 0.1) is 5.82 Å². The quantitative estimate of drug-likeness (QED) is 0.647. The topological polar surface area (TPSA) is 75.4 Å². The van der Waals surface area contributed by atoms with Crippen LogP contribution in [0.2, 0.25) is 0 Å². The molecule has 0 unspecified atom stereocenters. The third-order valence-corrected chi connectivity index (χ3v) is 5.73. The molecule has 0 N–H and O–H groups in total. The van der Waals surface area contributed by atoms with Gasteiger partial charge >= 0.3 is 0 Å². The Morgan fingerprint density at radius 3 is 2.57 bits per heavy atom. The van der Waals surface area contributed by atoms with E-state index in [1.807, 2.05) is 29.2 Å². The highest BCUT2D eigenvalue weighted by Crippen LogP contribution is 2.41. The molecular formula is C22H22FN5O2. The van der Waals surface area contributed by atoms with E-state index in [4.69, 9.17) is 4.42 Å². The minimum Gasteiger partial charge on any atom is -0.442 e. The van der Waals surface area contributed by atoms with Gasteiger partial charge in [-0.1, -0.05) is 12.1 Å². The van der Waals surface area contributed by atoms with Crippen molar-refractivity contribution < 1.29 is 13.6 Å². The second kappa shape index (κ2) is 7.85. The minimum absolute atomic E-state index is 0.0278. The van der Waals surface area contributed by atoms with Crippen LogP contribution in [0.15, 0.2) is 47.3 Å². The number of anilines is 1. The van der Waals surface area contributed by atoms with Gasteiger partial charge in [0.05, 0.1) is 12.6 Å². The lowest BCUT2D eigenvalue weighted by molar-refractivity contribution is -0.130. The summed E-state index contributed by atoms with van der Waals surface area (Å²) in [6, 6.07) is 8.99. The highest BCUT2D eigenvalue weighted by molar-refractivity contribution is 5.79. The zero-order chi connectivity index (χ0) is 20.5. The Balaban J connectivity index is 1.16. The number of hydrogen-bond donors (Lipinski definition) is 0. The van der Waals surface area contributed by atoms with Crippen LogP contribution in [0.4, 0.5) is 10.2 Å². The Morgan fingerprint density at radius 1 is 1.10 bits per heavy atom. The number of benzene rings is 1. The van der Waals surface area contributed by atoms with E-state index in [1.165, 1.54) is 12.5 Å². The van der Waals surface area contributed by atoms with Crippen molar-refractivity contribution in [2.45, 2.75) is 25.2 Å². The molecule has 0 spiro atoms. The predicted octanol–water partition coefficient (Wildman–Crippen LogP) is 3.04. The Bertz CT molecular complexity index is 1030. The summed E-state index contributed by atoms with van der Waals surface area (Å²) >= 11 is 0. The average Bonchev–Trinajstić information content (AvgIpc) is 3.46. The maximum atomic E-state index is 14.2. The second-order valence-electron chi connectivity index (χ2n) is 7.82. The van der Waals surface area contributed by atoms with Gasteiger partial charge in [-0.3, -0.25) is 4.79 Å². The molecule has 1 aliphatic carbocycles. The molecule has 2 aromatic heterocycles. The molecule has 3 aromatic rings. The molecule has 3 heterocycles. The van der Waals surface area contributed by atoms with Gasteiger partial charge in [-0.15, -0.1) is 10.2 Å². The normalized spacial score (nSPS) is 16.7. The first-order valence-electron chi connectivity index (χ1n) is 10.2. The van der Waals surface area contributed by atoms with Crippen molar-refractivity contribution in [1.29, 1.82) is 0 Å². The number of oxazole rings is 1. The van der Waals surface area contributed by atoms with Crippen LogP contribution in [-0.4, -0.2) is 52.2 Å². The predicted molar refractivity (Wildman–Crippen MR) is 108 cm³/mol. The highest BCUT2D eigenvalue weighted by atomic mass is 19.1. The number of halogens is 1. The van der Waals surface area contributed by atoms with Crippen LogP contribution in [0.5, 0.6) is 0 Å². The smallest absolute Gasteiger partial charge is 0.227 e. The molecule has 2 fully saturated rings. The zero-order valence-electron chi connectivity index (χ0n) is 16.5. The number of piperazine rings is 1. The summed E-state index contributed by atoms with van der Waals surface area (Å²) < 4.78 is 19.5. The Morgan fingerprint density at radius 2 is 1.93 bits per heavy atom. The summed E-state index contributed by atoms with van der Waals surface area (Å²) in [5, 5.41) is 8.47. The van der Waals surface area contributed by atoms with Crippen LogP contribution >= 0.6 is 0 Å². The Labute approximate surface area is 173 Å². The first kappa shape index (κ1) is 18.7. The fourth-order valence-electron chi connectivity index (χ4n) is 3.84. The van der Waals surface area contributed by atoms with E-state index in [0.29, 0.717) is 43.6 Å². The molecule has 154 valence electrons. The van der Waals surface area contributed by atoms with E-state index >= 15 is 0 Å². The maximum absolute atomic E-state index is 14.2. The van der Waals surface area contributed by atoms with Crippen molar-refractivity contribution in [2.24, 2.45) is 0 Å². The van der Waals surface area contributed by atoms with Gasteiger partial charge < -0.3 is 14.2 Å². The monoisotopic (exact) mass is 407 g/mol. The van der Waals surface area contributed by atoms with E-state index in [2.05, 4.69) is 20.1 Å². The number of rotatable bonds is 5.